The van der Waals surface area contributed by atoms with Gasteiger partial charge in [0.1, 0.15) is 5.01 Å². The van der Waals surface area contributed by atoms with Crippen LogP contribution in [-0.2, 0) is 4.79 Å². The van der Waals surface area contributed by atoms with Gasteiger partial charge in [0, 0.05) is 24.1 Å². The highest BCUT2D eigenvalue weighted by atomic mass is 32.1. The van der Waals surface area contributed by atoms with Gasteiger partial charge in [0.15, 0.2) is 0 Å². The topological polar surface area (TPSA) is 98.0 Å². The van der Waals surface area contributed by atoms with E-state index >= 15 is 0 Å². The second-order valence-electron chi connectivity index (χ2n) is 5.13. The summed E-state index contributed by atoms with van der Waals surface area (Å²) in [6.07, 6.45) is 4.79. The van der Waals surface area contributed by atoms with Crippen molar-refractivity contribution < 1.29 is 9.72 Å². The molecule has 126 valence electrons. The smallest absolute Gasteiger partial charge is 0.270 e. The summed E-state index contributed by atoms with van der Waals surface area (Å²) in [7, 11) is 0. The van der Waals surface area contributed by atoms with Crippen molar-refractivity contribution in [2.45, 2.75) is 32.6 Å². The fourth-order valence-electron chi connectivity index (χ4n) is 2.15. The van der Waals surface area contributed by atoms with Gasteiger partial charge >= 0.3 is 0 Å². The van der Waals surface area contributed by atoms with Crippen molar-refractivity contribution in [1.29, 1.82) is 0 Å². The third kappa shape index (κ3) is 4.69. The van der Waals surface area contributed by atoms with E-state index in [1.54, 1.807) is 12.1 Å². The Morgan fingerprint density at radius 3 is 2.79 bits per heavy atom. The third-order valence-electron chi connectivity index (χ3n) is 3.51. The minimum absolute atomic E-state index is 0.0171. The molecule has 1 aromatic heterocycles. The van der Waals surface area contributed by atoms with E-state index in [1.807, 2.05) is 0 Å². The Kier molecular flexibility index (Phi) is 6.14. The molecule has 0 bridgehead atoms. The van der Waals surface area contributed by atoms with Crippen LogP contribution in [0, 0.1) is 10.1 Å². The van der Waals surface area contributed by atoms with E-state index in [1.165, 1.54) is 35.6 Å². The number of hydrogen-bond acceptors (Lipinski definition) is 6. The maximum Gasteiger partial charge on any atom is 0.270 e. The number of nitro groups is 1. The molecule has 0 saturated carbocycles. The molecule has 1 aromatic carbocycles. The number of non-ortho nitro benzene ring substituents is 1. The van der Waals surface area contributed by atoms with E-state index in [4.69, 9.17) is 0 Å². The Balaban J connectivity index is 2.00. The molecule has 0 aliphatic rings. The van der Waals surface area contributed by atoms with Crippen LogP contribution in [0.3, 0.4) is 0 Å². The Hall–Kier alpha value is -2.61. The molecule has 7 nitrogen and oxygen atoms in total. The number of amides is 1. The van der Waals surface area contributed by atoms with Gasteiger partial charge in [-0.25, -0.2) is 0 Å². The average molecular weight is 346 g/mol. The molecule has 2 aromatic rings. The first kappa shape index (κ1) is 17.7. The third-order valence-corrected chi connectivity index (χ3v) is 4.51. The van der Waals surface area contributed by atoms with Crippen LogP contribution in [0.2, 0.25) is 0 Å². The highest BCUT2D eigenvalue weighted by Crippen LogP contribution is 2.28. The monoisotopic (exact) mass is 346 g/mol. The number of rotatable bonds is 7. The predicted molar refractivity (Wildman–Crippen MR) is 94.0 cm³/mol. The van der Waals surface area contributed by atoms with Gasteiger partial charge in [0.2, 0.25) is 11.0 Å². The molecule has 0 unspecified atom stereocenters. The van der Waals surface area contributed by atoms with Crippen LogP contribution in [0.1, 0.15) is 43.2 Å². The summed E-state index contributed by atoms with van der Waals surface area (Å²) < 4.78 is 0. The Labute approximate surface area is 143 Å². The SMILES string of the molecule is CCC(CC)c1nnc(NC(=O)C=Cc2cccc([N+](=O)[O-])c2)s1. The number of anilines is 1. The zero-order chi connectivity index (χ0) is 17.5. The molecule has 1 N–H and O–H groups in total. The molecule has 0 spiro atoms. The van der Waals surface area contributed by atoms with Gasteiger partial charge in [-0.1, -0.05) is 37.3 Å². The highest BCUT2D eigenvalue weighted by Gasteiger charge is 2.13. The van der Waals surface area contributed by atoms with Crippen molar-refractivity contribution in [3.05, 3.63) is 51.0 Å². The van der Waals surface area contributed by atoms with E-state index in [2.05, 4.69) is 29.4 Å². The molecule has 1 amide bonds. The predicted octanol–water partition coefficient (Wildman–Crippen LogP) is 4.00. The Bertz CT molecular complexity index is 753. The first-order chi connectivity index (χ1) is 11.5. The first-order valence-electron chi connectivity index (χ1n) is 7.60. The summed E-state index contributed by atoms with van der Waals surface area (Å²) >= 11 is 1.37. The number of benzene rings is 1. The van der Waals surface area contributed by atoms with Crippen molar-refractivity contribution in [3.63, 3.8) is 0 Å². The number of carbonyl (C=O) groups excluding carboxylic acids is 1. The van der Waals surface area contributed by atoms with Gasteiger partial charge in [0.05, 0.1) is 4.92 Å². The van der Waals surface area contributed by atoms with Crippen LogP contribution in [-0.4, -0.2) is 21.0 Å². The summed E-state index contributed by atoms with van der Waals surface area (Å²) in [4.78, 5) is 22.2. The summed E-state index contributed by atoms with van der Waals surface area (Å²) in [5, 5.41) is 22.8. The maximum atomic E-state index is 11.9. The quantitative estimate of drug-likeness (QED) is 0.464. The van der Waals surface area contributed by atoms with Gasteiger partial charge < -0.3 is 0 Å². The minimum atomic E-state index is -0.474. The van der Waals surface area contributed by atoms with Gasteiger partial charge in [-0.15, -0.1) is 10.2 Å². The molecule has 8 heteroatoms. The zero-order valence-electron chi connectivity index (χ0n) is 13.4. The Morgan fingerprint density at radius 2 is 2.12 bits per heavy atom. The maximum absolute atomic E-state index is 11.9. The number of nitro benzene ring substituents is 1. The van der Waals surface area contributed by atoms with Crippen molar-refractivity contribution in [1.82, 2.24) is 10.2 Å². The lowest BCUT2D eigenvalue weighted by Gasteiger charge is -2.05. The molecular weight excluding hydrogens is 328 g/mol. The van der Waals surface area contributed by atoms with Crippen LogP contribution in [0.15, 0.2) is 30.3 Å². The molecule has 0 radical (unpaired) electrons. The van der Waals surface area contributed by atoms with E-state index in [0.29, 0.717) is 16.6 Å². The van der Waals surface area contributed by atoms with E-state index in [0.717, 1.165) is 17.8 Å². The summed E-state index contributed by atoms with van der Waals surface area (Å²) in [5.74, 6) is 0.00214. The fourth-order valence-corrected chi connectivity index (χ4v) is 3.16. The largest absolute Gasteiger partial charge is 0.297 e. The van der Waals surface area contributed by atoms with Gasteiger partial charge in [0.25, 0.3) is 5.69 Å². The zero-order valence-corrected chi connectivity index (χ0v) is 14.2. The molecule has 1 heterocycles. The lowest BCUT2D eigenvalue weighted by molar-refractivity contribution is -0.384. The average Bonchev–Trinajstić information content (AvgIpc) is 3.02. The van der Waals surface area contributed by atoms with Crippen LogP contribution in [0.25, 0.3) is 6.08 Å². The van der Waals surface area contributed by atoms with Crippen LogP contribution in [0.4, 0.5) is 10.8 Å². The molecule has 0 fully saturated rings. The summed E-state index contributed by atoms with van der Waals surface area (Å²) in [6.45, 7) is 4.19. The van der Waals surface area contributed by atoms with Crippen molar-refractivity contribution in [2.24, 2.45) is 0 Å². The fraction of sp³-hybridized carbons (Fsp3) is 0.312. The van der Waals surface area contributed by atoms with Crippen molar-refractivity contribution in [2.75, 3.05) is 5.32 Å². The lowest BCUT2D eigenvalue weighted by atomic mass is 10.1. The summed E-state index contributed by atoms with van der Waals surface area (Å²) in [6, 6.07) is 6.06. The van der Waals surface area contributed by atoms with Gasteiger partial charge in [-0.2, -0.15) is 0 Å². The lowest BCUT2D eigenvalue weighted by Crippen LogP contribution is -2.07. The number of nitrogens with zero attached hydrogens (tertiary/aromatic N) is 3. The number of hydrogen-bond donors (Lipinski definition) is 1. The van der Waals surface area contributed by atoms with Crippen LogP contribution >= 0.6 is 11.3 Å². The van der Waals surface area contributed by atoms with Gasteiger partial charge in [-0.3, -0.25) is 20.2 Å². The molecule has 24 heavy (non-hydrogen) atoms. The molecule has 0 saturated heterocycles. The van der Waals surface area contributed by atoms with Crippen molar-refractivity contribution >= 4 is 34.1 Å². The van der Waals surface area contributed by atoms with E-state index in [9.17, 15) is 14.9 Å². The van der Waals surface area contributed by atoms with Crippen molar-refractivity contribution in [3.8, 4) is 0 Å². The number of aromatic nitrogens is 2. The standard InChI is InChI=1S/C16H18N4O3S/c1-3-12(4-2)15-18-19-16(24-15)17-14(21)9-8-11-6-5-7-13(10-11)20(22)23/h5-10,12H,3-4H2,1-2H3,(H,17,19,21). The first-order valence-corrected chi connectivity index (χ1v) is 8.42. The summed E-state index contributed by atoms with van der Waals surface area (Å²) in [5.41, 5.74) is 0.561. The van der Waals surface area contributed by atoms with Crippen LogP contribution in [0.5, 0.6) is 0 Å². The number of nitrogens with one attached hydrogen (secondary N) is 1. The van der Waals surface area contributed by atoms with Crippen LogP contribution < -0.4 is 5.32 Å². The molecule has 0 atom stereocenters. The van der Waals surface area contributed by atoms with E-state index in [-0.39, 0.29) is 11.6 Å². The van der Waals surface area contributed by atoms with Gasteiger partial charge in [-0.05, 0) is 24.5 Å². The normalized spacial score (nSPS) is 11.1. The minimum Gasteiger partial charge on any atom is -0.297 e. The molecule has 2 rings (SSSR count). The second-order valence-corrected chi connectivity index (χ2v) is 6.14. The Morgan fingerprint density at radius 1 is 1.38 bits per heavy atom. The molecular formula is C16H18N4O3S. The molecule has 0 aliphatic heterocycles. The second kappa shape index (κ2) is 8.30. The van der Waals surface area contributed by atoms with E-state index < -0.39 is 4.92 Å². The highest BCUT2D eigenvalue weighted by molar-refractivity contribution is 7.15. The molecule has 0 aliphatic carbocycles. The number of carbonyl (C=O) groups is 1.